The van der Waals surface area contributed by atoms with E-state index in [1.54, 1.807) is 18.2 Å². The topological polar surface area (TPSA) is 35.2 Å². The molecule has 0 aromatic heterocycles. The quantitative estimate of drug-likeness (QED) is 0.914. The maximum Gasteiger partial charge on any atom is 0.123 e. The lowest BCUT2D eigenvalue weighted by molar-refractivity contribution is 0.190. The summed E-state index contributed by atoms with van der Waals surface area (Å²) in [5.74, 6) is 0.352. The Bertz CT molecular complexity index is 603. The number of hydrogen-bond acceptors (Lipinski definition) is 2. The molecule has 0 saturated heterocycles. The van der Waals surface area contributed by atoms with Crippen LogP contribution in [0.15, 0.2) is 42.5 Å². The molecule has 0 aliphatic heterocycles. The SMILES string of the molecule is Cc1ccc(F)cc1C(N)C(C)Oc1cccc(Cl)c1. The normalized spacial score (nSPS) is 13.8. The highest BCUT2D eigenvalue weighted by Crippen LogP contribution is 2.24. The number of ether oxygens (including phenoxy) is 1. The minimum Gasteiger partial charge on any atom is -0.489 e. The summed E-state index contributed by atoms with van der Waals surface area (Å²) in [5, 5.41) is 0.602. The molecule has 2 aromatic rings. The van der Waals surface area contributed by atoms with Crippen LogP contribution in [-0.2, 0) is 0 Å². The van der Waals surface area contributed by atoms with Crippen molar-refractivity contribution >= 4 is 11.6 Å². The lowest BCUT2D eigenvalue weighted by Gasteiger charge is -2.23. The van der Waals surface area contributed by atoms with E-state index in [-0.39, 0.29) is 11.9 Å². The van der Waals surface area contributed by atoms with Gasteiger partial charge in [0.2, 0.25) is 0 Å². The van der Waals surface area contributed by atoms with E-state index >= 15 is 0 Å². The zero-order valence-electron chi connectivity index (χ0n) is 11.4. The van der Waals surface area contributed by atoms with Crippen LogP contribution in [0.2, 0.25) is 5.02 Å². The van der Waals surface area contributed by atoms with Gasteiger partial charge in [0.05, 0.1) is 6.04 Å². The first-order valence-electron chi connectivity index (χ1n) is 6.41. The van der Waals surface area contributed by atoms with Gasteiger partial charge in [-0.1, -0.05) is 23.7 Å². The largest absolute Gasteiger partial charge is 0.489 e. The van der Waals surface area contributed by atoms with Gasteiger partial charge >= 0.3 is 0 Å². The molecule has 0 saturated carbocycles. The van der Waals surface area contributed by atoms with Crippen LogP contribution < -0.4 is 10.5 Å². The zero-order valence-corrected chi connectivity index (χ0v) is 12.2. The summed E-state index contributed by atoms with van der Waals surface area (Å²) in [6, 6.07) is 11.3. The Labute approximate surface area is 123 Å². The highest BCUT2D eigenvalue weighted by molar-refractivity contribution is 6.30. The molecule has 0 aliphatic rings. The van der Waals surface area contributed by atoms with Gasteiger partial charge in [-0.15, -0.1) is 0 Å². The number of nitrogens with two attached hydrogens (primary N) is 1. The molecule has 2 rings (SSSR count). The predicted octanol–water partition coefficient (Wildman–Crippen LogP) is 4.25. The Morgan fingerprint density at radius 2 is 1.95 bits per heavy atom. The molecule has 0 amide bonds. The first-order chi connectivity index (χ1) is 9.47. The Kier molecular flexibility index (Phi) is 4.63. The van der Waals surface area contributed by atoms with Crippen LogP contribution in [0.4, 0.5) is 4.39 Å². The van der Waals surface area contributed by atoms with Gasteiger partial charge in [-0.25, -0.2) is 4.39 Å². The van der Waals surface area contributed by atoms with Crippen molar-refractivity contribution in [2.75, 3.05) is 0 Å². The Balaban J connectivity index is 2.16. The van der Waals surface area contributed by atoms with E-state index in [4.69, 9.17) is 22.1 Å². The third-order valence-corrected chi connectivity index (χ3v) is 3.46. The molecular formula is C16H17ClFNO. The minimum atomic E-state index is -0.412. The van der Waals surface area contributed by atoms with E-state index in [0.29, 0.717) is 10.8 Å². The Morgan fingerprint density at radius 3 is 2.65 bits per heavy atom. The average Bonchev–Trinajstić information content (AvgIpc) is 2.40. The number of rotatable bonds is 4. The van der Waals surface area contributed by atoms with E-state index in [0.717, 1.165) is 11.1 Å². The lowest BCUT2D eigenvalue weighted by Crippen LogP contribution is -2.29. The highest BCUT2D eigenvalue weighted by atomic mass is 35.5. The third-order valence-electron chi connectivity index (χ3n) is 3.22. The number of hydrogen-bond donors (Lipinski definition) is 1. The van der Waals surface area contributed by atoms with Crippen LogP contribution >= 0.6 is 11.6 Å². The highest BCUT2D eigenvalue weighted by Gasteiger charge is 2.19. The van der Waals surface area contributed by atoms with Crippen molar-refractivity contribution in [2.45, 2.75) is 26.0 Å². The summed E-state index contributed by atoms with van der Waals surface area (Å²) in [4.78, 5) is 0. The molecule has 2 aromatic carbocycles. The maximum absolute atomic E-state index is 13.3. The van der Waals surface area contributed by atoms with Gasteiger partial charge < -0.3 is 10.5 Å². The molecule has 2 unspecified atom stereocenters. The van der Waals surface area contributed by atoms with Crippen molar-refractivity contribution in [1.29, 1.82) is 0 Å². The van der Waals surface area contributed by atoms with Crippen molar-refractivity contribution in [3.63, 3.8) is 0 Å². The summed E-state index contributed by atoms with van der Waals surface area (Å²) < 4.78 is 19.1. The Hall–Kier alpha value is -1.58. The van der Waals surface area contributed by atoms with E-state index in [1.807, 2.05) is 26.0 Å². The fourth-order valence-corrected chi connectivity index (χ4v) is 2.23. The van der Waals surface area contributed by atoms with Crippen molar-refractivity contribution in [3.05, 3.63) is 64.4 Å². The molecule has 106 valence electrons. The van der Waals surface area contributed by atoms with Crippen LogP contribution in [-0.4, -0.2) is 6.10 Å². The van der Waals surface area contributed by atoms with Gasteiger partial charge in [-0.2, -0.15) is 0 Å². The fraction of sp³-hybridized carbons (Fsp3) is 0.250. The van der Waals surface area contributed by atoms with Gasteiger partial charge in [0.1, 0.15) is 17.7 Å². The van der Waals surface area contributed by atoms with E-state index < -0.39 is 6.04 Å². The molecule has 2 atom stereocenters. The maximum atomic E-state index is 13.3. The molecule has 0 aliphatic carbocycles. The molecule has 0 spiro atoms. The molecule has 2 nitrogen and oxygen atoms in total. The summed E-state index contributed by atoms with van der Waals surface area (Å²) in [6.45, 7) is 3.76. The summed E-state index contributed by atoms with van der Waals surface area (Å²) >= 11 is 5.91. The number of halogens is 2. The number of benzene rings is 2. The second-order valence-corrected chi connectivity index (χ2v) is 5.24. The van der Waals surface area contributed by atoms with Crippen LogP contribution in [0.25, 0.3) is 0 Å². The van der Waals surface area contributed by atoms with Gasteiger partial charge in [-0.05, 0) is 55.3 Å². The lowest BCUT2D eigenvalue weighted by atomic mass is 9.98. The molecule has 20 heavy (non-hydrogen) atoms. The molecule has 0 heterocycles. The van der Waals surface area contributed by atoms with Gasteiger partial charge in [0.25, 0.3) is 0 Å². The number of aryl methyl sites for hydroxylation is 1. The van der Waals surface area contributed by atoms with Gasteiger partial charge in [0, 0.05) is 5.02 Å². The zero-order chi connectivity index (χ0) is 14.7. The summed E-state index contributed by atoms with van der Waals surface area (Å²) in [7, 11) is 0. The molecular weight excluding hydrogens is 277 g/mol. The second-order valence-electron chi connectivity index (χ2n) is 4.81. The first-order valence-corrected chi connectivity index (χ1v) is 6.79. The predicted molar refractivity (Wildman–Crippen MR) is 79.6 cm³/mol. The molecule has 0 radical (unpaired) electrons. The molecule has 0 bridgehead atoms. The van der Waals surface area contributed by atoms with E-state index in [1.165, 1.54) is 12.1 Å². The molecule has 4 heteroatoms. The molecule has 2 N–H and O–H groups in total. The first kappa shape index (κ1) is 14.8. The van der Waals surface area contributed by atoms with Crippen LogP contribution in [0.3, 0.4) is 0 Å². The van der Waals surface area contributed by atoms with E-state index in [9.17, 15) is 4.39 Å². The average molecular weight is 294 g/mol. The van der Waals surface area contributed by atoms with Crippen LogP contribution in [0.5, 0.6) is 5.75 Å². The van der Waals surface area contributed by atoms with Gasteiger partial charge in [-0.3, -0.25) is 0 Å². The monoisotopic (exact) mass is 293 g/mol. The minimum absolute atomic E-state index is 0.295. The fourth-order valence-electron chi connectivity index (χ4n) is 2.05. The second kappa shape index (κ2) is 6.25. The third kappa shape index (κ3) is 3.50. The standard InChI is InChI=1S/C16H17ClFNO/c1-10-6-7-13(18)9-15(10)16(19)11(2)20-14-5-3-4-12(17)8-14/h3-9,11,16H,19H2,1-2H3. The van der Waals surface area contributed by atoms with Crippen molar-refractivity contribution in [2.24, 2.45) is 5.73 Å². The Morgan fingerprint density at radius 1 is 1.20 bits per heavy atom. The van der Waals surface area contributed by atoms with Crippen molar-refractivity contribution < 1.29 is 9.13 Å². The summed E-state index contributed by atoms with van der Waals surface area (Å²) in [6.07, 6.45) is -0.297. The van der Waals surface area contributed by atoms with E-state index in [2.05, 4.69) is 0 Å². The van der Waals surface area contributed by atoms with Gasteiger partial charge in [0.15, 0.2) is 0 Å². The molecule has 0 fully saturated rings. The van der Waals surface area contributed by atoms with Crippen molar-refractivity contribution in [3.8, 4) is 5.75 Å². The van der Waals surface area contributed by atoms with Crippen LogP contribution in [0.1, 0.15) is 24.1 Å². The van der Waals surface area contributed by atoms with Crippen molar-refractivity contribution in [1.82, 2.24) is 0 Å². The van der Waals surface area contributed by atoms with Crippen LogP contribution in [0, 0.1) is 12.7 Å². The smallest absolute Gasteiger partial charge is 0.123 e. The summed E-state index contributed by atoms with van der Waals surface area (Å²) in [5.41, 5.74) is 7.86.